The Hall–Kier alpha value is -3.19. The van der Waals surface area contributed by atoms with Gasteiger partial charge in [-0.25, -0.2) is 0 Å². The summed E-state index contributed by atoms with van der Waals surface area (Å²) in [5.41, 5.74) is 2.89. The molecule has 27 heavy (non-hydrogen) atoms. The maximum atomic E-state index is 12.3. The molecule has 0 aliphatic carbocycles. The van der Waals surface area contributed by atoms with Crippen molar-refractivity contribution >= 4 is 11.6 Å². The lowest BCUT2D eigenvalue weighted by Gasteiger charge is -2.34. The van der Waals surface area contributed by atoms with Gasteiger partial charge in [-0.1, -0.05) is 24.3 Å². The average Bonchev–Trinajstić information content (AvgIpc) is 2.70. The van der Waals surface area contributed by atoms with Gasteiger partial charge in [-0.15, -0.1) is 0 Å². The van der Waals surface area contributed by atoms with Crippen LogP contribution < -0.4 is 5.32 Å². The molecule has 1 aliphatic rings. The molecule has 1 N–H and O–H groups in total. The van der Waals surface area contributed by atoms with E-state index in [1.807, 2.05) is 24.3 Å². The predicted molar refractivity (Wildman–Crippen MR) is 103 cm³/mol. The Morgan fingerprint density at radius 2 is 1.59 bits per heavy atom. The Balaban J connectivity index is 1.45. The van der Waals surface area contributed by atoms with Crippen LogP contribution in [0.25, 0.3) is 0 Å². The molecular formula is C21H21N5O. The van der Waals surface area contributed by atoms with E-state index in [2.05, 4.69) is 27.3 Å². The van der Waals surface area contributed by atoms with Crippen molar-refractivity contribution in [1.29, 1.82) is 10.5 Å². The number of rotatable bonds is 5. The lowest BCUT2D eigenvalue weighted by atomic mass is 10.1. The topological polar surface area (TPSA) is 83.2 Å². The van der Waals surface area contributed by atoms with Gasteiger partial charge in [0.1, 0.15) is 6.07 Å². The Kier molecular flexibility index (Phi) is 6.17. The van der Waals surface area contributed by atoms with E-state index < -0.39 is 0 Å². The predicted octanol–water partition coefficient (Wildman–Crippen LogP) is 2.19. The number of carbonyl (C=O) groups is 1. The zero-order valence-corrected chi connectivity index (χ0v) is 15.1. The van der Waals surface area contributed by atoms with Crippen molar-refractivity contribution in [3.63, 3.8) is 0 Å². The third-order valence-electron chi connectivity index (χ3n) is 4.64. The summed E-state index contributed by atoms with van der Waals surface area (Å²) in [6, 6.07) is 18.9. The van der Waals surface area contributed by atoms with Gasteiger partial charge in [0, 0.05) is 32.7 Å². The molecule has 136 valence electrons. The minimum Gasteiger partial charge on any atom is -0.324 e. The number of para-hydroxylation sites is 1. The molecule has 0 unspecified atom stereocenters. The Labute approximate surface area is 159 Å². The van der Waals surface area contributed by atoms with Gasteiger partial charge >= 0.3 is 0 Å². The molecule has 2 aromatic carbocycles. The van der Waals surface area contributed by atoms with E-state index in [9.17, 15) is 4.79 Å². The van der Waals surface area contributed by atoms with Crippen LogP contribution in [0.4, 0.5) is 5.69 Å². The molecule has 0 radical (unpaired) electrons. The van der Waals surface area contributed by atoms with Crippen molar-refractivity contribution in [2.45, 2.75) is 6.54 Å². The zero-order valence-electron chi connectivity index (χ0n) is 15.1. The van der Waals surface area contributed by atoms with Crippen LogP contribution >= 0.6 is 0 Å². The molecular weight excluding hydrogens is 338 g/mol. The standard InChI is InChI=1S/C21H21N5O/c22-13-17-5-7-18(8-6-17)15-25-9-11-26(12-10-25)16-21(27)24-20-4-2-1-3-19(20)14-23/h1-8H,9-12,15-16H2,(H,24,27). The molecule has 6 heteroatoms. The van der Waals surface area contributed by atoms with E-state index in [1.165, 1.54) is 5.56 Å². The molecule has 0 aromatic heterocycles. The van der Waals surface area contributed by atoms with Crippen LogP contribution in [0.1, 0.15) is 16.7 Å². The van der Waals surface area contributed by atoms with E-state index in [1.54, 1.807) is 24.3 Å². The maximum Gasteiger partial charge on any atom is 0.238 e. The summed E-state index contributed by atoms with van der Waals surface area (Å²) in [7, 11) is 0. The molecule has 6 nitrogen and oxygen atoms in total. The number of amides is 1. The minimum atomic E-state index is -0.0988. The second-order valence-electron chi connectivity index (χ2n) is 6.57. The van der Waals surface area contributed by atoms with Crippen LogP contribution in [-0.4, -0.2) is 48.4 Å². The maximum absolute atomic E-state index is 12.3. The summed E-state index contributed by atoms with van der Waals surface area (Å²) >= 11 is 0. The number of benzene rings is 2. The van der Waals surface area contributed by atoms with E-state index >= 15 is 0 Å². The summed E-state index contributed by atoms with van der Waals surface area (Å²) in [5, 5.41) is 20.8. The molecule has 1 saturated heterocycles. The van der Waals surface area contributed by atoms with E-state index in [0.717, 1.165) is 32.7 Å². The lowest BCUT2D eigenvalue weighted by Crippen LogP contribution is -2.48. The van der Waals surface area contributed by atoms with Gasteiger partial charge in [0.2, 0.25) is 5.91 Å². The normalized spacial score (nSPS) is 14.9. The highest BCUT2D eigenvalue weighted by molar-refractivity contribution is 5.93. The first-order valence-electron chi connectivity index (χ1n) is 8.90. The van der Waals surface area contributed by atoms with Crippen molar-refractivity contribution in [1.82, 2.24) is 9.80 Å². The molecule has 0 atom stereocenters. The van der Waals surface area contributed by atoms with Gasteiger partial charge in [0.05, 0.1) is 29.4 Å². The highest BCUT2D eigenvalue weighted by Crippen LogP contribution is 2.14. The van der Waals surface area contributed by atoms with Gasteiger partial charge in [-0.3, -0.25) is 14.6 Å². The molecule has 1 fully saturated rings. The fourth-order valence-corrected chi connectivity index (χ4v) is 3.13. The van der Waals surface area contributed by atoms with E-state index in [-0.39, 0.29) is 5.91 Å². The van der Waals surface area contributed by atoms with Gasteiger partial charge in [0.15, 0.2) is 0 Å². The zero-order chi connectivity index (χ0) is 19.1. The largest absolute Gasteiger partial charge is 0.324 e. The van der Waals surface area contributed by atoms with Crippen LogP contribution in [0.2, 0.25) is 0 Å². The van der Waals surface area contributed by atoms with Gasteiger partial charge in [0.25, 0.3) is 0 Å². The minimum absolute atomic E-state index is 0.0988. The molecule has 1 amide bonds. The van der Waals surface area contributed by atoms with Crippen molar-refractivity contribution < 1.29 is 4.79 Å². The number of nitriles is 2. The van der Waals surface area contributed by atoms with Crippen LogP contribution in [-0.2, 0) is 11.3 Å². The molecule has 3 rings (SSSR count). The Morgan fingerprint density at radius 3 is 2.26 bits per heavy atom. The van der Waals surface area contributed by atoms with Gasteiger partial charge in [-0.05, 0) is 29.8 Å². The second kappa shape index (κ2) is 8.95. The summed E-state index contributed by atoms with van der Waals surface area (Å²) in [6.45, 7) is 4.60. The number of hydrogen-bond acceptors (Lipinski definition) is 5. The van der Waals surface area contributed by atoms with E-state index in [4.69, 9.17) is 10.5 Å². The Morgan fingerprint density at radius 1 is 0.926 bits per heavy atom. The first-order valence-corrected chi connectivity index (χ1v) is 8.90. The molecule has 0 bridgehead atoms. The molecule has 2 aromatic rings. The number of anilines is 1. The molecule has 0 saturated carbocycles. The third-order valence-corrected chi connectivity index (χ3v) is 4.64. The second-order valence-corrected chi connectivity index (χ2v) is 6.57. The lowest BCUT2D eigenvalue weighted by molar-refractivity contribution is -0.117. The first-order chi connectivity index (χ1) is 13.2. The highest BCUT2D eigenvalue weighted by Gasteiger charge is 2.19. The average molecular weight is 359 g/mol. The molecule has 0 spiro atoms. The van der Waals surface area contributed by atoms with Crippen molar-refractivity contribution in [3.8, 4) is 12.1 Å². The summed E-state index contributed by atoms with van der Waals surface area (Å²) in [5.74, 6) is -0.0988. The van der Waals surface area contributed by atoms with E-state index in [0.29, 0.717) is 23.4 Å². The first kappa shape index (κ1) is 18.6. The number of piperazine rings is 1. The van der Waals surface area contributed by atoms with Crippen molar-refractivity contribution in [2.75, 3.05) is 38.0 Å². The van der Waals surface area contributed by atoms with Gasteiger partial charge in [-0.2, -0.15) is 10.5 Å². The summed E-state index contributed by atoms with van der Waals surface area (Å²) in [6.07, 6.45) is 0. The van der Waals surface area contributed by atoms with Crippen LogP contribution in [0.15, 0.2) is 48.5 Å². The number of nitrogens with zero attached hydrogens (tertiary/aromatic N) is 4. The van der Waals surface area contributed by atoms with Crippen molar-refractivity contribution in [3.05, 3.63) is 65.2 Å². The highest BCUT2D eigenvalue weighted by atomic mass is 16.2. The fraction of sp³-hybridized carbons (Fsp3) is 0.286. The van der Waals surface area contributed by atoms with Crippen LogP contribution in [0.3, 0.4) is 0 Å². The molecule has 1 aliphatic heterocycles. The SMILES string of the molecule is N#Cc1ccc(CN2CCN(CC(=O)Nc3ccccc3C#N)CC2)cc1. The summed E-state index contributed by atoms with van der Waals surface area (Å²) in [4.78, 5) is 16.8. The summed E-state index contributed by atoms with van der Waals surface area (Å²) < 4.78 is 0. The van der Waals surface area contributed by atoms with Crippen LogP contribution in [0, 0.1) is 22.7 Å². The number of carbonyl (C=O) groups excluding carboxylic acids is 1. The van der Waals surface area contributed by atoms with Gasteiger partial charge < -0.3 is 5.32 Å². The monoisotopic (exact) mass is 359 g/mol. The number of nitrogens with one attached hydrogen (secondary N) is 1. The Bertz CT molecular complexity index is 871. The van der Waals surface area contributed by atoms with Crippen molar-refractivity contribution in [2.24, 2.45) is 0 Å². The van der Waals surface area contributed by atoms with Crippen LogP contribution in [0.5, 0.6) is 0 Å². The smallest absolute Gasteiger partial charge is 0.238 e. The fourth-order valence-electron chi connectivity index (χ4n) is 3.13. The molecule has 1 heterocycles. The quantitative estimate of drug-likeness (QED) is 0.885. The number of hydrogen-bond donors (Lipinski definition) is 1. The third kappa shape index (κ3) is 5.15.